The van der Waals surface area contributed by atoms with Crippen molar-refractivity contribution in [2.75, 3.05) is 0 Å². The van der Waals surface area contributed by atoms with E-state index in [2.05, 4.69) is 16.8 Å². The number of fused-ring (bicyclic) bond motifs is 1. The first kappa shape index (κ1) is 14.7. The van der Waals surface area contributed by atoms with Crippen molar-refractivity contribution in [3.8, 4) is 0 Å². The summed E-state index contributed by atoms with van der Waals surface area (Å²) in [5.41, 5.74) is 1.58. The summed E-state index contributed by atoms with van der Waals surface area (Å²) in [6.07, 6.45) is 2.60. The van der Waals surface area contributed by atoms with Gasteiger partial charge in [-0.2, -0.15) is 0 Å². The highest BCUT2D eigenvalue weighted by Crippen LogP contribution is 2.30. The Morgan fingerprint density at radius 2 is 2.05 bits per heavy atom. The van der Waals surface area contributed by atoms with Crippen LogP contribution in [0.3, 0.4) is 0 Å². The molecule has 3 rings (SSSR count). The number of nitrogens with zero attached hydrogens (tertiary/aromatic N) is 3. The van der Waals surface area contributed by atoms with Gasteiger partial charge in [0.25, 0.3) is 0 Å². The summed E-state index contributed by atoms with van der Waals surface area (Å²) in [7, 11) is 0. The van der Waals surface area contributed by atoms with Crippen molar-refractivity contribution in [3.05, 3.63) is 60.6 Å². The molecule has 0 amide bonds. The third-order valence-corrected chi connectivity index (χ3v) is 4.27. The Bertz CT molecular complexity index is 858. The molecule has 1 aromatic carbocycles. The van der Waals surface area contributed by atoms with Gasteiger partial charge in [-0.1, -0.05) is 25.3 Å². The molecule has 0 bridgehead atoms. The molecule has 112 valence electrons. The van der Waals surface area contributed by atoms with Crippen molar-refractivity contribution in [2.24, 2.45) is 0 Å². The molecule has 0 N–H and O–H groups in total. The van der Waals surface area contributed by atoms with Crippen LogP contribution in [0.2, 0.25) is 0 Å². The highest BCUT2D eigenvalue weighted by Gasteiger charge is 2.10. The molecule has 3 nitrogen and oxygen atoms in total. The number of rotatable bonds is 4. The minimum Gasteiger partial charge on any atom is -0.282 e. The lowest BCUT2D eigenvalue weighted by molar-refractivity contribution is 0.565. The lowest BCUT2D eigenvalue weighted by Gasteiger charge is -2.06. The molecule has 0 fully saturated rings. The molecule has 2 aromatic heterocycles. The van der Waals surface area contributed by atoms with Crippen LogP contribution >= 0.6 is 11.8 Å². The minimum atomic E-state index is -0.586. The van der Waals surface area contributed by atoms with E-state index in [1.54, 1.807) is 0 Å². The summed E-state index contributed by atoms with van der Waals surface area (Å²) < 4.78 is 28.5. The SMILES string of the molecule is C=C(CC)c1nnc2ccc(Sc3ccc(F)cc3F)cn12. The van der Waals surface area contributed by atoms with Gasteiger partial charge in [-0.05, 0) is 36.3 Å². The number of hydrogen-bond acceptors (Lipinski definition) is 3. The van der Waals surface area contributed by atoms with E-state index in [1.807, 2.05) is 29.7 Å². The molecule has 0 aliphatic heterocycles. The van der Waals surface area contributed by atoms with Gasteiger partial charge in [0, 0.05) is 22.1 Å². The van der Waals surface area contributed by atoms with Crippen LogP contribution in [0.15, 0.2) is 52.9 Å². The Kier molecular flexibility index (Phi) is 3.94. The molecule has 2 heterocycles. The van der Waals surface area contributed by atoms with Gasteiger partial charge in [0.05, 0.1) is 0 Å². The molecule has 0 saturated carbocycles. The zero-order chi connectivity index (χ0) is 15.7. The normalized spacial score (nSPS) is 11.0. The fraction of sp³-hybridized carbons (Fsp3) is 0.125. The number of allylic oxidation sites excluding steroid dienone is 1. The summed E-state index contributed by atoms with van der Waals surface area (Å²) in [5, 5.41) is 8.21. The van der Waals surface area contributed by atoms with E-state index in [9.17, 15) is 8.78 Å². The molecule has 22 heavy (non-hydrogen) atoms. The van der Waals surface area contributed by atoms with Crippen molar-refractivity contribution in [2.45, 2.75) is 23.1 Å². The van der Waals surface area contributed by atoms with Crippen molar-refractivity contribution in [1.82, 2.24) is 14.6 Å². The van der Waals surface area contributed by atoms with Crippen LogP contribution in [0.25, 0.3) is 11.2 Å². The average Bonchev–Trinajstić information content (AvgIpc) is 2.92. The quantitative estimate of drug-likeness (QED) is 0.705. The fourth-order valence-corrected chi connectivity index (χ4v) is 2.86. The highest BCUT2D eigenvalue weighted by molar-refractivity contribution is 7.99. The second-order valence-electron chi connectivity index (χ2n) is 4.75. The number of halogens is 2. The van der Waals surface area contributed by atoms with E-state index in [-0.39, 0.29) is 0 Å². The maximum absolute atomic E-state index is 13.7. The van der Waals surface area contributed by atoms with Gasteiger partial charge in [0.2, 0.25) is 0 Å². The number of pyridine rings is 1. The van der Waals surface area contributed by atoms with Crippen LogP contribution in [0.5, 0.6) is 0 Å². The van der Waals surface area contributed by atoms with Gasteiger partial charge in [0.1, 0.15) is 11.6 Å². The molecule has 6 heteroatoms. The van der Waals surface area contributed by atoms with Crippen LogP contribution in [-0.2, 0) is 0 Å². The van der Waals surface area contributed by atoms with Crippen LogP contribution in [0.4, 0.5) is 8.78 Å². The standard InChI is InChI=1S/C16H13F2N3S/c1-3-10(2)16-20-19-15-7-5-12(9-21(15)16)22-14-6-4-11(17)8-13(14)18/h4-9H,2-3H2,1H3. The maximum atomic E-state index is 13.7. The molecule has 0 unspecified atom stereocenters. The lowest BCUT2D eigenvalue weighted by atomic mass is 10.2. The van der Waals surface area contributed by atoms with Crippen LogP contribution < -0.4 is 0 Å². The van der Waals surface area contributed by atoms with Crippen molar-refractivity contribution in [1.29, 1.82) is 0 Å². The van der Waals surface area contributed by atoms with Crippen molar-refractivity contribution in [3.63, 3.8) is 0 Å². The minimum absolute atomic E-state index is 0.365. The third-order valence-electron chi connectivity index (χ3n) is 3.24. The molecular weight excluding hydrogens is 304 g/mol. The Morgan fingerprint density at radius 3 is 2.77 bits per heavy atom. The molecule has 0 spiro atoms. The fourth-order valence-electron chi connectivity index (χ4n) is 2.02. The molecule has 0 saturated heterocycles. The Labute approximate surface area is 130 Å². The molecular formula is C16H13F2N3S. The summed E-state index contributed by atoms with van der Waals surface area (Å²) in [6.45, 7) is 5.97. The summed E-state index contributed by atoms with van der Waals surface area (Å²) in [5.74, 6) is -0.468. The highest BCUT2D eigenvalue weighted by atomic mass is 32.2. The largest absolute Gasteiger partial charge is 0.282 e. The first-order chi connectivity index (χ1) is 10.6. The van der Waals surface area contributed by atoms with E-state index in [4.69, 9.17) is 0 Å². The van der Waals surface area contributed by atoms with Crippen molar-refractivity contribution >= 4 is 23.0 Å². The van der Waals surface area contributed by atoms with Crippen LogP contribution in [0.1, 0.15) is 19.2 Å². The monoisotopic (exact) mass is 317 g/mol. The zero-order valence-corrected chi connectivity index (χ0v) is 12.7. The van der Waals surface area contributed by atoms with Gasteiger partial charge in [-0.25, -0.2) is 8.78 Å². The lowest BCUT2D eigenvalue weighted by Crippen LogP contribution is -1.93. The van der Waals surface area contributed by atoms with E-state index < -0.39 is 11.6 Å². The topological polar surface area (TPSA) is 30.2 Å². The summed E-state index contributed by atoms with van der Waals surface area (Å²) in [4.78, 5) is 1.17. The Morgan fingerprint density at radius 1 is 1.23 bits per heavy atom. The van der Waals surface area contributed by atoms with Gasteiger partial charge in [-0.3, -0.25) is 4.40 Å². The Hall–Kier alpha value is -2.21. The van der Waals surface area contributed by atoms with Gasteiger partial charge < -0.3 is 0 Å². The third kappa shape index (κ3) is 2.74. The predicted molar refractivity (Wildman–Crippen MR) is 82.8 cm³/mol. The van der Waals surface area contributed by atoms with Gasteiger partial charge >= 0.3 is 0 Å². The summed E-state index contributed by atoms with van der Waals surface area (Å²) in [6, 6.07) is 7.19. The van der Waals surface area contributed by atoms with E-state index in [0.29, 0.717) is 16.4 Å². The van der Waals surface area contributed by atoms with E-state index >= 15 is 0 Å². The molecule has 0 radical (unpaired) electrons. The van der Waals surface area contributed by atoms with Crippen molar-refractivity contribution < 1.29 is 8.78 Å². The zero-order valence-electron chi connectivity index (χ0n) is 11.9. The molecule has 0 aliphatic rings. The Balaban J connectivity index is 1.99. The predicted octanol–water partition coefficient (Wildman–Crippen LogP) is 4.58. The van der Waals surface area contributed by atoms with Gasteiger partial charge in [-0.15, -0.1) is 10.2 Å². The maximum Gasteiger partial charge on any atom is 0.163 e. The summed E-state index contributed by atoms with van der Waals surface area (Å²) >= 11 is 1.22. The average molecular weight is 317 g/mol. The smallest absolute Gasteiger partial charge is 0.163 e. The van der Waals surface area contributed by atoms with Crippen LogP contribution in [-0.4, -0.2) is 14.6 Å². The van der Waals surface area contributed by atoms with E-state index in [0.717, 1.165) is 23.0 Å². The second kappa shape index (κ2) is 5.88. The van der Waals surface area contributed by atoms with Crippen LogP contribution in [0, 0.1) is 11.6 Å². The molecule has 0 aliphatic carbocycles. The van der Waals surface area contributed by atoms with Gasteiger partial charge in [0.15, 0.2) is 11.5 Å². The molecule has 3 aromatic rings. The second-order valence-corrected chi connectivity index (χ2v) is 5.87. The first-order valence-electron chi connectivity index (χ1n) is 6.74. The number of aromatic nitrogens is 3. The van der Waals surface area contributed by atoms with E-state index in [1.165, 1.54) is 23.9 Å². The molecule has 0 atom stereocenters. The number of hydrogen-bond donors (Lipinski definition) is 0. The first-order valence-corrected chi connectivity index (χ1v) is 7.56. The number of benzene rings is 1.